The number of nitrogens with zero attached hydrogens (tertiary/aromatic N) is 2. The summed E-state index contributed by atoms with van der Waals surface area (Å²) in [7, 11) is 1.82. The van der Waals surface area contributed by atoms with Crippen molar-refractivity contribution in [2.45, 2.75) is 12.8 Å². The van der Waals surface area contributed by atoms with Crippen LogP contribution in [-0.4, -0.2) is 20.6 Å². The second-order valence-corrected chi connectivity index (χ2v) is 4.35. The van der Waals surface area contributed by atoms with Gasteiger partial charge in [-0.05, 0) is 0 Å². The molecule has 1 N–H and O–H groups in total. The fraction of sp³-hybridized carbons (Fsp3) is 0.231. The average Bonchev–Trinajstić information content (AvgIpc) is 2.65. The van der Waals surface area contributed by atoms with Crippen molar-refractivity contribution in [3.05, 3.63) is 41.2 Å². The molecule has 0 bridgehead atoms. The minimum atomic E-state index is -0.849. The highest BCUT2D eigenvalue weighted by atomic mass is 35.5. The van der Waals surface area contributed by atoms with Gasteiger partial charge < -0.3 is 9.67 Å². The van der Waals surface area contributed by atoms with E-state index >= 15 is 0 Å². The van der Waals surface area contributed by atoms with E-state index in [0.29, 0.717) is 17.3 Å². The van der Waals surface area contributed by atoms with Gasteiger partial charge in [0.05, 0.1) is 12.1 Å². The van der Waals surface area contributed by atoms with Crippen molar-refractivity contribution >= 4 is 17.6 Å². The highest BCUT2D eigenvalue weighted by Gasteiger charge is 2.14. The second kappa shape index (κ2) is 5.23. The van der Waals surface area contributed by atoms with Crippen LogP contribution in [0.5, 0.6) is 0 Å². The molecule has 94 valence electrons. The van der Waals surface area contributed by atoms with E-state index in [9.17, 15) is 4.79 Å². The fourth-order valence-electron chi connectivity index (χ4n) is 1.77. The highest BCUT2D eigenvalue weighted by molar-refractivity contribution is 6.30. The molecule has 0 aliphatic carbocycles. The zero-order chi connectivity index (χ0) is 13.1. The lowest BCUT2D eigenvalue weighted by molar-refractivity contribution is -0.136. The molecule has 0 amide bonds. The number of aliphatic carboxylic acids is 1. The summed E-state index contributed by atoms with van der Waals surface area (Å²) < 4.78 is 1.77. The fourth-order valence-corrected chi connectivity index (χ4v) is 1.98. The summed E-state index contributed by atoms with van der Waals surface area (Å²) in [6, 6.07) is 9.67. The predicted octanol–water partition coefficient (Wildman–Crippen LogP) is 2.76. The van der Waals surface area contributed by atoms with E-state index in [0.717, 1.165) is 11.4 Å². The summed E-state index contributed by atoms with van der Waals surface area (Å²) in [6.45, 7) is 0. The van der Waals surface area contributed by atoms with Gasteiger partial charge in [0.25, 0.3) is 0 Å². The Morgan fingerprint density at radius 1 is 1.39 bits per heavy atom. The quantitative estimate of drug-likeness (QED) is 0.924. The summed E-state index contributed by atoms with van der Waals surface area (Å²) in [5.74, 6) is -0.0982. The van der Waals surface area contributed by atoms with Crippen molar-refractivity contribution < 1.29 is 9.90 Å². The van der Waals surface area contributed by atoms with Crippen LogP contribution in [0.25, 0.3) is 11.4 Å². The van der Waals surface area contributed by atoms with E-state index < -0.39 is 5.97 Å². The number of aryl methyl sites for hydroxylation is 1. The molecule has 0 spiro atoms. The Morgan fingerprint density at radius 2 is 2.06 bits per heavy atom. The van der Waals surface area contributed by atoms with Crippen molar-refractivity contribution in [2.75, 3.05) is 0 Å². The van der Waals surface area contributed by atoms with Crippen LogP contribution in [0.3, 0.4) is 0 Å². The van der Waals surface area contributed by atoms with Crippen LogP contribution in [0.4, 0.5) is 0 Å². The normalized spacial score (nSPS) is 10.6. The van der Waals surface area contributed by atoms with Crippen LogP contribution in [0.2, 0.25) is 5.15 Å². The Labute approximate surface area is 110 Å². The first-order chi connectivity index (χ1) is 8.59. The summed E-state index contributed by atoms with van der Waals surface area (Å²) in [5, 5.41) is 9.18. The maximum absolute atomic E-state index is 10.6. The average molecular weight is 265 g/mol. The zero-order valence-corrected chi connectivity index (χ0v) is 10.7. The number of benzene rings is 1. The zero-order valence-electron chi connectivity index (χ0n) is 9.93. The third-order valence-corrected chi connectivity index (χ3v) is 3.17. The molecule has 0 aliphatic rings. The number of carboxylic acids is 1. The van der Waals surface area contributed by atoms with Gasteiger partial charge in [0.15, 0.2) is 0 Å². The Balaban J connectivity index is 2.33. The smallest absolute Gasteiger partial charge is 0.303 e. The number of hydrogen-bond acceptors (Lipinski definition) is 2. The number of carboxylic acid groups (broad SMARTS) is 1. The molecule has 0 saturated heterocycles. The lowest BCUT2D eigenvalue weighted by Gasteiger charge is -2.01. The first kappa shape index (κ1) is 12.6. The van der Waals surface area contributed by atoms with Gasteiger partial charge in [-0.15, -0.1) is 0 Å². The van der Waals surface area contributed by atoms with Crippen molar-refractivity contribution in [1.82, 2.24) is 9.55 Å². The van der Waals surface area contributed by atoms with Crippen LogP contribution < -0.4 is 0 Å². The van der Waals surface area contributed by atoms with Gasteiger partial charge in [0.2, 0.25) is 0 Å². The summed E-state index contributed by atoms with van der Waals surface area (Å²) >= 11 is 6.15. The molecule has 5 heteroatoms. The van der Waals surface area contributed by atoms with E-state index in [4.69, 9.17) is 16.7 Å². The topological polar surface area (TPSA) is 55.1 Å². The number of carbonyl (C=O) groups is 1. The molecule has 0 unspecified atom stereocenters. The van der Waals surface area contributed by atoms with Crippen LogP contribution in [0.1, 0.15) is 12.1 Å². The van der Waals surface area contributed by atoms with E-state index in [-0.39, 0.29) is 6.42 Å². The van der Waals surface area contributed by atoms with E-state index in [1.54, 1.807) is 4.57 Å². The molecule has 1 aromatic carbocycles. The molecule has 0 radical (unpaired) electrons. The number of rotatable bonds is 4. The lowest BCUT2D eigenvalue weighted by atomic mass is 10.2. The van der Waals surface area contributed by atoms with Gasteiger partial charge in [-0.2, -0.15) is 0 Å². The standard InChI is InChI=1S/C13H13ClN2O2/c1-16-12(14)10(7-8-11(17)18)15-13(16)9-5-3-2-4-6-9/h2-6H,7-8H2,1H3,(H,17,18). The third-order valence-electron chi connectivity index (χ3n) is 2.70. The van der Waals surface area contributed by atoms with E-state index in [1.165, 1.54) is 0 Å². The number of halogens is 1. The van der Waals surface area contributed by atoms with Gasteiger partial charge in [-0.1, -0.05) is 41.9 Å². The predicted molar refractivity (Wildman–Crippen MR) is 69.6 cm³/mol. The maximum Gasteiger partial charge on any atom is 0.303 e. The minimum absolute atomic E-state index is 0.0327. The van der Waals surface area contributed by atoms with Crippen LogP contribution in [0.15, 0.2) is 30.3 Å². The lowest BCUT2D eigenvalue weighted by Crippen LogP contribution is -1.98. The summed E-state index contributed by atoms with van der Waals surface area (Å²) in [4.78, 5) is 15.0. The molecule has 0 saturated carbocycles. The Bertz CT molecular complexity index is 564. The molecule has 0 fully saturated rings. The summed E-state index contributed by atoms with van der Waals surface area (Å²) in [5.41, 5.74) is 1.59. The monoisotopic (exact) mass is 264 g/mol. The van der Waals surface area contributed by atoms with Gasteiger partial charge in [0.1, 0.15) is 11.0 Å². The van der Waals surface area contributed by atoms with Crippen LogP contribution in [-0.2, 0) is 18.3 Å². The molecule has 0 aliphatic heterocycles. The van der Waals surface area contributed by atoms with Crippen LogP contribution in [0, 0.1) is 0 Å². The molecule has 0 atom stereocenters. The molecule has 18 heavy (non-hydrogen) atoms. The van der Waals surface area contributed by atoms with Crippen molar-refractivity contribution in [2.24, 2.45) is 7.05 Å². The minimum Gasteiger partial charge on any atom is -0.481 e. The van der Waals surface area contributed by atoms with Gasteiger partial charge in [0, 0.05) is 19.0 Å². The first-order valence-corrected chi connectivity index (χ1v) is 5.95. The van der Waals surface area contributed by atoms with Crippen molar-refractivity contribution in [3.63, 3.8) is 0 Å². The van der Waals surface area contributed by atoms with E-state index in [2.05, 4.69) is 4.98 Å². The Morgan fingerprint density at radius 3 is 2.67 bits per heavy atom. The van der Waals surface area contributed by atoms with Gasteiger partial charge >= 0.3 is 5.97 Å². The maximum atomic E-state index is 10.6. The SMILES string of the molecule is Cn1c(-c2ccccc2)nc(CCC(=O)O)c1Cl. The molecule has 2 aromatic rings. The number of imidazole rings is 1. The van der Waals surface area contributed by atoms with Crippen LogP contribution >= 0.6 is 11.6 Å². The largest absolute Gasteiger partial charge is 0.481 e. The Hall–Kier alpha value is -1.81. The highest BCUT2D eigenvalue weighted by Crippen LogP contribution is 2.25. The number of aromatic nitrogens is 2. The van der Waals surface area contributed by atoms with Gasteiger partial charge in [-0.3, -0.25) is 4.79 Å². The number of hydrogen-bond donors (Lipinski definition) is 1. The molecule has 2 rings (SSSR count). The van der Waals surface area contributed by atoms with Gasteiger partial charge in [-0.25, -0.2) is 4.98 Å². The molecule has 1 heterocycles. The second-order valence-electron chi connectivity index (χ2n) is 3.99. The molecular weight excluding hydrogens is 252 g/mol. The molecule has 4 nitrogen and oxygen atoms in total. The van der Waals surface area contributed by atoms with E-state index in [1.807, 2.05) is 37.4 Å². The first-order valence-electron chi connectivity index (χ1n) is 5.58. The molecule has 1 aromatic heterocycles. The Kier molecular flexibility index (Phi) is 3.67. The summed E-state index contributed by atoms with van der Waals surface area (Å²) in [6.07, 6.45) is 0.375. The molecular formula is C13H13ClN2O2. The van der Waals surface area contributed by atoms with Crippen molar-refractivity contribution in [1.29, 1.82) is 0 Å². The third kappa shape index (κ3) is 2.54. The van der Waals surface area contributed by atoms with Crippen molar-refractivity contribution in [3.8, 4) is 11.4 Å².